The highest BCUT2D eigenvalue weighted by Crippen LogP contribution is 2.35. The highest BCUT2D eigenvalue weighted by molar-refractivity contribution is 5.95. The van der Waals surface area contributed by atoms with Crippen molar-refractivity contribution in [3.8, 4) is 22.8 Å². The minimum absolute atomic E-state index is 0.0242. The van der Waals surface area contributed by atoms with Crippen molar-refractivity contribution < 1.29 is 31.8 Å². The van der Waals surface area contributed by atoms with Crippen LogP contribution in [0.25, 0.3) is 11.1 Å². The lowest BCUT2D eigenvalue weighted by molar-refractivity contribution is -0.137. The monoisotopic (exact) mass is 446 g/mol. The standard InChI is InChI=1S/C23H18F4N2O3/c24-17-3-1-2-14(10-17)20-11-15(21(30)29-18-8-9-31-13-18)12-28-22(20)32-19-6-4-16(5-7-19)23(25,26)27/h1-7,10-12,18H,8-9,13H2,(H,29,30)/t18-/m0/s1. The molecule has 1 aliphatic rings. The maximum Gasteiger partial charge on any atom is 0.416 e. The average Bonchev–Trinajstić information content (AvgIpc) is 3.27. The minimum atomic E-state index is -4.47. The predicted molar refractivity (Wildman–Crippen MR) is 108 cm³/mol. The summed E-state index contributed by atoms with van der Waals surface area (Å²) in [6.07, 6.45) is -2.47. The second-order valence-electron chi connectivity index (χ2n) is 7.25. The van der Waals surface area contributed by atoms with Gasteiger partial charge < -0.3 is 14.8 Å². The number of aromatic nitrogens is 1. The van der Waals surface area contributed by atoms with Crippen LogP contribution in [0.1, 0.15) is 22.3 Å². The van der Waals surface area contributed by atoms with E-state index in [1.165, 1.54) is 42.6 Å². The van der Waals surface area contributed by atoms with Crippen molar-refractivity contribution in [2.45, 2.75) is 18.6 Å². The Kier molecular flexibility index (Phi) is 6.09. The van der Waals surface area contributed by atoms with E-state index < -0.39 is 17.6 Å². The summed E-state index contributed by atoms with van der Waals surface area (Å²) in [5.41, 5.74) is 0.139. The van der Waals surface area contributed by atoms with Gasteiger partial charge >= 0.3 is 6.18 Å². The first-order chi connectivity index (χ1) is 15.3. The van der Waals surface area contributed by atoms with Crippen molar-refractivity contribution in [2.24, 2.45) is 0 Å². The molecule has 2 heterocycles. The maximum atomic E-state index is 13.8. The van der Waals surface area contributed by atoms with Crippen LogP contribution in [0.2, 0.25) is 0 Å². The molecule has 1 atom stereocenters. The van der Waals surface area contributed by atoms with Crippen molar-refractivity contribution >= 4 is 5.91 Å². The summed E-state index contributed by atoms with van der Waals surface area (Å²) >= 11 is 0. The molecule has 1 aromatic heterocycles. The van der Waals surface area contributed by atoms with E-state index in [9.17, 15) is 22.4 Å². The highest BCUT2D eigenvalue weighted by Gasteiger charge is 2.30. The normalized spacial score (nSPS) is 16.1. The summed E-state index contributed by atoms with van der Waals surface area (Å²) in [6.45, 7) is 0.989. The third-order valence-electron chi connectivity index (χ3n) is 4.91. The number of carbonyl (C=O) groups is 1. The van der Waals surface area contributed by atoms with Crippen LogP contribution < -0.4 is 10.1 Å². The van der Waals surface area contributed by atoms with Gasteiger partial charge in [-0.15, -0.1) is 0 Å². The van der Waals surface area contributed by atoms with Gasteiger partial charge in [0, 0.05) is 18.4 Å². The second kappa shape index (κ2) is 8.96. The third kappa shape index (κ3) is 5.05. The summed E-state index contributed by atoms with van der Waals surface area (Å²) in [5, 5.41) is 2.85. The number of benzene rings is 2. The summed E-state index contributed by atoms with van der Waals surface area (Å²) in [6, 6.07) is 11.1. The number of nitrogens with zero attached hydrogens (tertiary/aromatic N) is 1. The predicted octanol–water partition coefficient (Wildman–Crippen LogP) is 5.22. The lowest BCUT2D eigenvalue weighted by Gasteiger charge is -2.14. The van der Waals surface area contributed by atoms with E-state index in [0.717, 1.165) is 12.1 Å². The van der Waals surface area contributed by atoms with Crippen LogP contribution in [0.15, 0.2) is 60.8 Å². The Morgan fingerprint density at radius 2 is 1.91 bits per heavy atom. The molecule has 0 radical (unpaired) electrons. The van der Waals surface area contributed by atoms with Gasteiger partial charge in [-0.1, -0.05) is 12.1 Å². The fourth-order valence-electron chi connectivity index (χ4n) is 3.26. The van der Waals surface area contributed by atoms with Gasteiger partial charge in [0.15, 0.2) is 0 Å². The molecule has 2 aromatic carbocycles. The molecule has 32 heavy (non-hydrogen) atoms. The van der Waals surface area contributed by atoms with Gasteiger partial charge in [-0.2, -0.15) is 13.2 Å². The second-order valence-corrected chi connectivity index (χ2v) is 7.25. The van der Waals surface area contributed by atoms with Gasteiger partial charge in [0.1, 0.15) is 11.6 Å². The van der Waals surface area contributed by atoms with Crippen LogP contribution in [0.3, 0.4) is 0 Å². The first-order valence-electron chi connectivity index (χ1n) is 9.79. The van der Waals surface area contributed by atoms with Gasteiger partial charge in [-0.25, -0.2) is 9.37 Å². The van der Waals surface area contributed by atoms with Crippen LogP contribution >= 0.6 is 0 Å². The van der Waals surface area contributed by atoms with Gasteiger partial charge in [0.25, 0.3) is 5.91 Å². The van der Waals surface area contributed by atoms with E-state index in [2.05, 4.69) is 10.3 Å². The molecule has 3 aromatic rings. The lowest BCUT2D eigenvalue weighted by Crippen LogP contribution is -2.35. The number of hydrogen-bond acceptors (Lipinski definition) is 4. The number of amides is 1. The van der Waals surface area contributed by atoms with Crippen LogP contribution in [-0.4, -0.2) is 30.1 Å². The Morgan fingerprint density at radius 3 is 2.56 bits per heavy atom. The molecule has 166 valence electrons. The summed E-state index contributed by atoms with van der Waals surface area (Å²) in [4.78, 5) is 16.8. The van der Waals surface area contributed by atoms with Gasteiger partial charge in [-0.05, 0) is 54.4 Å². The number of ether oxygens (including phenoxy) is 2. The molecule has 0 spiro atoms. The highest BCUT2D eigenvalue weighted by atomic mass is 19.4. The zero-order valence-electron chi connectivity index (χ0n) is 16.7. The SMILES string of the molecule is O=C(N[C@H]1CCOC1)c1cnc(Oc2ccc(C(F)(F)F)cc2)c(-c2cccc(F)c2)c1. The molecule has 9 heteroatoms. The zero-order valence-corrected chi connectivity index (χ0v) is 16.7. The van der Waals surface area contributed by atoms with Crippen molar-refractivity contribution in [3.63, 3.8) is 0 Å². The first kappa shape index (κ1) is 21.8. The molecule has 0 unspecified atom stereocenters. The molecule has 5 nitrogen and oxygen atoms in total. The molecule has 4 rings (SSSR count). The fourth-order valence-corrected chi connectivity index (χ4v) is 3.26. The Hall–Kier alpha value is -3.46. The average molecular weight is 446 g/mol. The summed E-state index contributed by atoms with van der Waals surface area (Å²) in [5.74, 6) is -0.729. The molecular formula is C23H18F4N2O3. The summed E-state index contributed by atoms with van der Waals surface area (Å²) < 4.78 is 63.2. The smallest absolute Gasteiger partial charge is 0.416 e. The number of carbonyl (C=O) groups excluding carboxylic acids is 1. The molecule has 1 saturated heterocycles. The van der Waals surface area contributed by atoms with Crippen LogP contribution in [-0.2, 0) is 10.9 Å². The molecule has 0 bridgehead atoms. The van der Waals surface area contributed by atoms with Crippen molar-refractivity contribution in [3.05, 3.63) is 77.7 Å². The van der Waals surface area contributed by atoms with Crippen LogP contribution in [0, 0.1) is 5.82 Å². The lowest BCUT2D eigenvalue weighted by atomic mass is 10.0. The Labute approximate surface area is 181 Å². The number of pyridine rings is 1. The van der Waals surface area contributed by atoms with Crippen LogP contribution in [0.5, 0.6) is 11.6 Å². The Morgan fingerprint density at radius 1 is 1.12 bits per heavy atom. The zero-order chi connectivity index (χ0) is 22.7. The largest absolute Gasteiger partial charge is 0.438 e. The molecule has 1 N–H and O–H groups in total. The van der Waals surface area contributed by atoms with E-state index in [-0.39, 0.29) is 29.1 Å². The molecule has 1 fully saturated rings. The summed E-state index contributed by atoms with van der Waals surface area (Å²) in [7, 11) is 0. The third-order valence-corrected chi connectivity index (χ3v) is 4.91. The Balaban J connectivity index is 1.65. The van der Waals surface area contributed by atoms with Crippen molar-refractivity contribution in [1.29, 1.82) is 0 Å². The molecule has 1 aliphatic heterocycles. The number of alkyl halides is 3. The van der Waals surface area contributed by atoms with Crippen LogP contribution in [0.4, 0.5) is 17.6 Å². The van der Waals surface area contributed by atoms with E-state index >= 15 is 0 Å². The molecule has 0 aliphatic carbocycles. The molecule has 1 amide bonds. The minimum Gasteiger partial charge on any atom is -0.438 e. The topological polar surface area (TPSA) is 60.5 Å². The van der Waals surface area contributed by atoms with E-state index in [1.807, 2.05) is 0 Å². The number of hydrogen-bond donors (Lipinski definition) is 1. The fraction of sp³-hybridized carbons (Fsp3) is 0.217. The maximum absolute atomic E-state index is 13.8. The molecule has 0 saturated carbocycles. The number of nitrogens with one attached hydrogen (secondary N) is 1. The first-order valence-corrected chi connectivity index (χ1v) is 9.79. The van der Waals surface area contributed by atoms with Gasteiger partial charge in [0.05, 0.1) is 23.8 Å². The van der Waals surface area contributed by atoms with Gasteiger partial charge in [0.2, 0.25) is 5.88 Å². The number of halogens is 4. The Bertz CT molecular complexity index is 1110. The van der Waals surface area contributed by atoms with Crippen molar-refractivity contribution in [2.75, 3.05) is 13.2 Å². The number of rotatable bonds is 5. The van der Waals surface area contributed by atoms with E-state index in [1.54, 1.807) is 6.07 Å². The van der Waals surface area contributed by atoms with E-state index in [0.29, 0.717) is 30.8 Å². The van der Waals surface area contributed by atoms with Crippen molar-refractivity contribution in [1.82, 2.24) is 10.3 Å². The molecular weight excluding hydrogens is 428 g/mol. The quantitative estimate of drug-likeness (QED) is 0.546. The van der Waals surface area contributed by atoms with E-state index in [4.69, 9.17) is 9.47 Å². The van der Waals surface area contributed by atoms with Gasteiger partial charge in [-0.3, -0.25) is 4.79 Å².